The Balaban J connectivity index is 1.95. The van der Waals surface area contributed by atoms with E-state index in [1.54, 1.807) is 0 Å². The van der Waals surface area contributed by atoms with Crippen LogP contribution in [0.15, 0.2) is 0 Å². The van der Waals surface area contributed by atoms with Crippen molar-refractivity contribution in [2.45, 2.75) is 71.3 Å². The van der Waals surface area contributed by atoms with E-state index in [-0.39, 0.29) is 12.3 Å². The van der Waals surface area contributed by atoms with E-state index < -0.39 is 11.5 Å². The fourth-order valence-electron chi connectivity index (χ4n) is 4.71. The smallest absolute Gasteiger partial charge is 0.305 e. The molecule has 1 aliphatic heterocycles. The van der Waals surface area contributed by atoms with Gasteiger partial charge >= 0.3 is 5.97 Å². The van der Waals surface area contributed by atoms with Gasteiger partial charge in [0.15, 0.2) is 0 Å². The van der Waals surface area contributed by atoms with E-state index in [0.717, 1.165) is 12.8 Å². The first kappa shape index (κ1) is 18.2. The maximum atomic E-state index is 12.5. The van der Waals surface area contributed by atoms with Crippen molar-refractivity contribution in [3.8, 4) is 0 Å². The maximum Gasteiger partial charge on any atom is 0.305 e. The molecule has 0 bridgehead atoms. The zero-order valence-corrected chi connectivity index (χ0v) is 14.7. The largest absolute Gasteiger partial charge is 0.481 e. The van der Waals surface area contributed by atoms with Crippen LogP contribution in [0.1, 0.15) is 65.7 Å². The number of carbonyl (C=O) groups is 2. The Morgan fingerprint density at radius 3 is 2.43 bits per heavy atom. The molecule has 2 fully saturated rings. The molecule has 2 atom stereocenters. The van der Waals surface area contributed by atoms with Crippen LogP contribution in [0.25, 0.3) is 0 Å². The third kappa shape index (κ3) is 5.48. The minimum atomic E-state index is -0.861. The first-order valence-electron chi connectivity index (χ1n) is 8.80. The summed E-state index contributed by atoms with van der Waals surface area (Å²) in [6, 6.07) is 0. The molecular formula is C18H31NO4. The number of ether oxygens (including phenoxy) is 1. The molecule has 1 amide bonds. The molecule has 1 saturated heterocycles. The van der Waals surface area contributed by atoms with Gasteiger partial charge in [-0.2, -0.15) is 0 Å². The average Bonchev–Trinajstić information content (AvgIpc) is 2.35. The van der Waals surface area contributed by atoms with Crippen LogP contribution in [0.5, 0.6) is 0 Å². The van der Waals surface area contributed by atoms with Gasteiger partial charge < -0.3 is 15.2 Å². The minimum Gasteiger partial charge on any atom is -0.481 e. The predicted octanol–water partition coefficient (Wildman–Crippen LogP) is 2.98. The molecule has 1 aliphatic carbocycles. The maximum absolute atomic E-state index is 12.5. The van der Waals surface area contributed by atoms with Gasteiger partial charge in [-0.05, 0) is 49.4 Å². The molecule has 2 rings (SSSR count). The van der Waals surface area contributed by atoms with E-state index in [0.29, 0.717) is 49.7 Å². The van der Waals surface area contributed by atoms with E-state index in [1.165, 1.54) is 6.42 Å². The summed E-state index contributed by atoms with van der Waals surface area (Å²) < 4.78 is 5.33. The Morgan fingerprint density at radius 2 is 1.87 bits per heavy atom. The van der Waals surface area contributed by atoms with Crippen LogP contribution in [-0.4, -0.2) is 35.7 Å². The Labute approximate surface area is 139 Å². The molecule has 0 aromatic carbocycles. The number of aliphatic carboxylic acids is 1. The van der Waals surface area contributed by atoms with E-state index in [1.807, 2.05) is 0 Å². The Morgan fingerprint density at radius 1 is 1.22 bits per heavy atom. The van der Waals surface area contributed by atoms with Crippen molar-refractivity contribution in [2.24, 2.45) is 17.3 Å². The van der Waals surface area contributed by atoms with Crippen LogP contribution in [-0.2, 0) is 14.3 Å². The van der Waals surface area contributed by atoms with E-state index >= 15 is 0 Å². The molecule has 0 spiro atoms. The van der Waals surface area contributed by atoms with Crippen LogP contribution >= 0.6 is 0 Å². The van der Waals surface area contributed by atoms with E-state index in [2.05, 4.69) is 26.1 Å². The molecular weight excluding hydrogens is 294 g/mol. The summed E-state index contributed by atoms with van der Waals surface area (Å²) in [5, 5.41) is 12.2. The average molecular weight is 325 g/mol. The lowest BCUT2D eigenvalue weighted by atomic mass is 9.67. The number of nitrogens with one attached hydrogen (secondary N) is 1. The molecule has 5 heteroatoms. The highest BCUT2D eigenvalue weighted by Gasteiger charge is 2.38. The highest BCUT2D eigenvalue weighted by atomic mass is 16.5. The zero-order valence-electron chi connectivity index (χ0n) is 14.7. The SMILES string of the molecule is CC1CC(CC(=O)NC2(CC(=O)O)CCOCC2)CC(C)(C)C1. The van der Waals surface area contributed by atoms with Crippen LogP contribution < -0.4 is 5.32 Å². The summed E-state index contributed by atoms with van der Waals surface area (Å²) in [6.07, 6.45) is 5.02. The van der Waals surface area contributed by atoms with E-state index in [4.69, 9.17) is 4.74 Å². The number of hydrogen-bond acceptors (Lipinski definition) is 3. The number of hydrogen-bond donors (Lipinski definition) is 2. The predicted molar refractivity (Wildman–Crippen MR) is 88.1 cm³/mol. The Hall–Kier alpha value is -1.10. The highest BCUT2D eigenvalue weighted by molar-refractivity contribution is 5.78. The lowest BCUT2D eigenvalue weighted by molar-refractivity contribution is -0.140. The van der Waals surface area contributed by atoms with Gasteiger partial charge in [0.2, 0.25) is 5.91 Å². The fourth-order valence-corrected chi connectivity index (χ4v) is 4.71. The van der Waals surface area contributed by atoms with Crippen molar-refractivity contribution >= 4 is 11.9 Å². The molecule has 2 N–H and O–H groups in total. The Kier molecular flexibility index (Phi) is 5.71. The highest BCUT2D eigenvalue weighted by Crippen LogP contribution is 2.42. The number of carboxylic acids is 1. The van der Waals surface area contributed by atoms with Gasteiger partial charge in [-0.15, -0.1) is 0 Å². The van der Waals surface area contributed by atoms with Crippen molar-refractivity contribution < 1.29 is 19.4 Å². The van der Waals surface area contributed by atoms with Crippen molar-refractivity contribution in [3.63, 3.8) is 0 Å². The molecule has 5 nitrogen and oxygen atoms in total. The van der Waals surface area contributed by atoms with Gasteiger partial charge in [0, 0.05) is 19.6 Å². The standard InChI is InChI=1S/C18H31NO4/c1-13-8-14(11-17(2,3)10-13)9-15(20)19-18(12-16(21)22)4-6-23-7-5-18/h13-14H,4-12H2,1-3H3,(H,19,20)(H,21,22). The van der Waals surface area contributed by atoms with Crippen molar-refractivity contribution in [2.75, 3.05) is 13.2 Å². The molecule has 1 heterocycles. The quantitative estimate of drug-likeness (QED) is 0.815. The minimum absolute atomic E-state index is 0.00282. The summed E-state index contributed by atoms with van der Waals surface area (Å²) in [5.74, 6) is 0.186. The zero-order chi connectivity index (χ0) is 17.1. The molecule has 2 unspecified atom stereocenters. The van der Waals surface area contributed by atoms with Crippen LogP contribution in [0, 0.1) is 17.3 Å². The van der Waals surface area contributed by atoms with Crippen LogP contribution in [0.3, 0.4) is 0 Å². The number of amides is 1. The monoisotopic (exact) mass is 325 g/mol. The molecule has 0 aromatic rings. The third-order valence-electron chi connectivity index (χ3n) is 5.30. The first-order chi connectivity index (χ1) is 10.7. The second-order valence-electron chi connectivity index (χ2n) is 8.49. The summed E-state index contributed by atoms with van der Waals surface area (Å²) in [7, 11) is 0. The Bertz CT molecular complexity index is 440. The second-order valence-corrected chi connectivity index (χ2v) is 8.49. The van der Waals surface area contributed by atoms with Crippen molar-refractivity contribution in [1.82, 2.24) is 5.32 Å². The summed E-state index contributed by atoms with van der Waals surface area (Å²) in [4.78, 5) is 23.7. The van der Waals surface area contributed by atoms with Gasteiger partial charge in [-0.3, -0.25) is 9.59 Å². The molecule has 23 heavy (non-hydrogen) atoms. The van der Waals surface area contributed by atoms with Gasteiger partial charge in [0.1, 0.15) is 0 Å². The van der Waals surface area contributed by atoms with Gasteiger partial charge in [-0.1, -0.05) is 20.8 Å². The summed E-state index contributed by atoms with van der Waals surface area (Å²) >= 11 is 0. The molecule has 0 radical (unpaired) electrons. The molecule has 2 aliphatic rings. The third-order valence-corrected chi connectivity index (χ3v) is 5.30. The van der Waals surface area contributed by atoms with Crippen LogP contribution in [0.4, 0.5) is 0 Å². The van der Waals surface area contributed by atoms with Gasteiger partial charge in [0.05, 0.1) is 12.0 Å². The second kappa shape index (κ2) is 7.20. The van der Waals surface area contributed by atoms with Crippen LogP contribution in [0.2, 0.25) is 0 Å². The summed E-state index contributed by atoms with van der Waals surface area (Å²) in [5.41, 5.74) is -0.336. The van der Waals surface area contributed by atoms with Gasteiger partial charge in [0.25, 0.3) is 0 Å². The first-order valence-corrected chi connectivity index (χ1v) is 8.80. The lowest BCUT2D eigenvalue weighted by Crippen LogP contribution is -2.53. The van der Waals surface area contributed by atoms with Gasteiger partial charge in [-0.25, -0.2) is 0 Å². The molecule has 132 valence electrons. The van der Waals surface area contributed by atoms with Crippen molar-refractivity contribution in [1.29, 1.82) is 0 Å². The number of carboxylic acid groups (broad SMARTS) is 1. The lowest BCUT2D eigenvalue weighted by Gasteiger charge is -2.40. The molecule has 1 saturated carbocycles. The number of rotatable bonds is 5. The molecule has 0 aromatic heterocycles. The van der Waals surface area contributed by atoms with Crippen molar-refractivity contribution in [3.05, 3.63) is 0 Å². The number of carbonyl (C=O) groups excluding carboxylic acids is 1. The fraction of sp³-hybridized carbons (Fsp3) is 0.889. The normalized spacial score (nSPS) is 29.7. The summed E-state index contributed by atoms with van der Waals surface area (Å²) in [6.45, 7) is 7.84. The van der Waals surface area contributed by atoms with E-state index in [9.17, 15) is 14.7 Å². The topological polar surface area (TPSA) is 75.6 Å².